The van der Waals surface area contributed by atoms with E-state index in [1.807, 2.05) is 7.05 Å². The maximum atomic E-state index is 4.60. The van der Waals surface area contributed by atoms with Crippen molar-refractivity contribution in [1.82, 2.24) is 25.5 Å². The second-order valence-electron chi connectivity index (χ2n) is 8.52. The highest BCUT2D eigenvalue weighted by molar-refractivity contribution is 14.0. The lowest BCUT2D eigenvalue weighted by molar-refractivity contribution is 0.176. The van der Waals surface area contributed by atoms with Gasteiger partial charge in [-0.3, -0.25) is 9.89 Å². The van der Waals surface area contributed by atoms with Crippen molar-refractivity contribution in [3.05, 3.63) is 51.6 Å². The van der Waals surface area contributed by atoms with Crippen molar-refractivity contribution in [2.75, 3.05) is 33.2 Å². The number of aromatic nitrogens is 2. The summed E-state index contributed by atoms with van der Waals surface area (Å²) < 4.78 is 0. The molecule has 1 aromatic carbocycles. The number of halogens is 1. The number of aliphatic imine (C=N–C) groups is 1. The summed E-state index contributed by atoms with van der Waals surface area (Å²) >= 11 is 1.74. The number of nitrogens with zero attached hydrogens (tertiary/aromatic N) is 3. The number of aromatic amines is 1. The minimum absolute atomic E-state index is 0. The number of rotatable bonds is 7. The largest absolute Gasteiger partial charge is 0.361 e. The minimum atomic E-state index is 0. The molecular formula is C24H35IN6S. The summed E-state index contributed by atoms with van der Waals surface area (Å²) in [5.74, 6) is 1.60. The number of nitrogens with one attached hydrogen (secondary N) is 3. The van der Waals surface area contributed by atoms with E-state index >= 15 is 0 Å². The van der Waals surface area contributed by atoms with E-state index in [1.54, 1.807) is 11.3 Å². The molecule has 0 saturated carbocycles. The molecule has 3 N–H and O–H groups in total. The maximum Gasteiger partial charge on any atom is 0.190 e. The average molecular weight is 567 g/mol. The zero-order valence-corrected chi connectivity index (χ0v) is 22.4. The van der Waals surface area contributed by atoms with Crippen LogP contribution in [0.3, 0.4) is 0 Å². The third kappa shape index (κ3) is 6.45. The quantitative estimate of drug-likeness (QED) is 0.224. The van der Waals surface area contributed by atoms with Crippen LogP contribution < -0.4 is 10.6 Å². The van der Waals surface area contributed by atoms with Crippen LogP contribution >= 0.6 is 35.3 Å². The molecule has 32 heavy (non-hydrogen) atoms. The van der Waals surface area contributed by atoms with Crippen LogP contribution in [-0.2, 0) is 13.0 Å². The van der Waals surface area contributed by atoms with Gasteiger partial charge in [-0.05, 0) is 63.2 Å². The van der Waals surface area contributed by atoms with E-state index in [4.69, 9.17) is 0 Å². The Morgan fingerprint density at radius 2 is 2.06 bits per heavy atom. The zero-order chi connectivity index (χ0) is 21.6. The summed E-state index contributed by atoms with van der Waals surface area (Å²) in [4.78, 5) is 15.0. The van der Waals surface area contributed by atoms with Crippen LogP contribution in [0.4, 0.5) is 0 Å². The van der Waals surface area contributed by atoms with Gasteiger partial charge in [0.1, 0.15) is 0 Å². The van der Waals surface area contributed by atoms with E-state index in [2.05, 4.69) is 74.1 Å². The fourth-order valence-corrected chi connectivity index (χ4v) is 5.01. The first-order valence-electron chi connectivity index (χ1n) is 11.3. The molecule has 3 heterocycles. The molecule has 1 saturated heterocycles. The number of para-hydroxylation sites is 1. The van der Waals surface area contributed by atoms with Crippen LogP contribution in [0.1, 0.15) is 34.7 Å². The second kappa shape index (κ2) is 12.0. The van der Waals surface area contributed by atoms with Crippen molar-refractivity contribution in [3.63, 3.8) is 0 Å². The van der Waals surface area contributed by atoms with E-state index in [-0.39, 0.29) is 24.0 Å². The number of hydrogen-bond donors (Lipinski definition) is 3. The molecule has 1 aliphatic rings. The molecule has 3 aromatic rings. The van der Waals surface area contributed by atoms with E-state index < -0.39 is 0 Å². The van der Waals surface area contributed by atoms with Crippen LogP contribution in [0.5, 0.6) is 0 Å². The lowest BCUT2D eigenvalue weighted by Crippen LogP contribution is -2.43. The Balaban J connectivity index is 0.00000289. The van der Waals surface area contributed by atoms with Gasteiger partial charge in [0.25, 0.3) is 0 Å². The molecule has 0 atom stereocenters. The third-order valence-corrected chi connectivity index (χ3v) is 7.06. The first-order valence-corrected chi connectivity index (χ1v) is 12.1. The van der Waals surface area contributed by atoms with Gasteiger partial charge in [0.2, 0.25) is 0 Å². The number of piperidine rings is 1. The Labute approximate surface area is 212 Å². The normalized spacial score (nSPS) is 15.7. The number of aryl methyl sites for hydroxylation is 2. The highest BCUT2D eigenvalue weighted by atomic mass is 127. The number of likely N-dealkylation sites (tertiary alicyclic amines) is 1. The highest BCUT2D eigenvalue weighted by Crippen LogP contribution is 2.21. The average Bonchev–Trinajstić information content (AvgIpc) is 3.38. The Morgan fingerprint density at radius 3 is 2.78 bits per heavy atom. The smallest absolute Gasteiger partial charge is 0.190 e. The lowest BCUT2D eigenvalue weighted by Gasteiger charge is -2.31. The molecule has 0 radical (unpaired) electrons. The van der Waals surface area contributed by atoms with Crippen LogP contribution in [0.25, 0.3) is 10.9 Å². The van der Waals surface area contributed by atoms with Gasteiger partial charge in [-0.1, -0.05) is 18.2 Å². The molecule has 1 aliphatic heterocycles. The van der Waals surface area contributed by atoms with Crippen LogP contribution in [-0.4, -0.2) is 54.1 Å². The van der Waals surface area contributed by atoms with Crippen molar-refractivity contribution in [3.8, 4) is 0 Å². The van der Waals surface area contributed by atoms with Gasteiger partial charge < -0.3 is 15.6 Å². The van der Waals surface area contributed by atoms with Crippen LogP contribution in [0.2, 0.25) is 0 Å². The van der Waals surface area contributed by atoms with E-state index in [0.29, 0.717) is 5.92 Å². The second-order valence-corrected chi connectivity index (χ2v) is 9.58. The van der Waals surface area contributed by atoms with Crippen LogP contribution in [0.15, 0.2) is 34.8 Å². The van der Waals surface area contributed by atoms with Gasteiger partial charge in [0, 0.05) is 49.2 Å². The fourth-order valence-electron chi connectivity index (χ4n) is 4.41. The Bertz CT molecular complexity index is 1020. The highest BCUT2D eigenvalue weighted by Gasteiger charge is 2.20. The van der Waals surface area contributed by atoms with Gasteiger partial charge in [0.15, 0.2) is 5.96 Å². The molecule has 0 spiro atoms. The summed E-state index contributed by atoms with van der Waals surface area (Å²) in [6.07, 6.45) is 5.55. The summed E-state index contributed by atoms with van der Waals surface area (Å²) in [6, 6.07) is 6.48. The summed E-state index contributed by atoms with van der Waals surface area (Å²) in [6.45, 7) is 9.36. The van der Waals surface area contributed by atoms with Gasteiger partial charge in [-0.25, -0.2) is 4.98 Å². The van der Waals surface area contributed by atoms with Gasteiger partial charge in [0.05, 0.1) is 10.7 Å². The van der Waals surface area contributed by atoms with Gasteiger partial charge in [-0.2, -0.15) is 0 Å². The Morgan fingerprint density at radius 1 is 1.25 bits per heavy atom. The van der Waals surface area contributed by atoms with Gasteiger partial charge in [-0.15, -0.1) is 35.3 Å². The summed E-state index contributed by atoms with van der Waals surface area (Å²) in [7, 11) is 1.85. The Hall–Kier alpha value is -1.65. The van der Waals surface area contributed by atoms with E-state index in [0.717, 1.165) is 50.1 Å². The predicted octanol–water partition coefficient (Wildman–Crippen LogP) is 4.48. The van der Waals surface area contributed by atoms with Crippen molar-refractivity contribution in [1.29, 1.82) is 0 Å². The topological polar surface area (TPSA) is 68.3 Å². The number of hydrogen-bond acceptors (Lipinski definition) is 4. The fraction of sp³-hybridized carbons (Fsp3) is 0.500. The molecule has 4 rings (SSSR count). The number of H-pyrrole nitrogens is 1. The minimum Gasteiger partial charge on any atom is -0.361 e. The number of guanidine groups is 1. The van der Waals surface area contributed by atoms with E-state index in [1.165, 1.54) is 40.6 Å². The molecule has 6 nitrogen and oxygen atoms in total. The van der Waals surface area contributed by atoms with Crippen molar-refractivity contribution >= 4 is 52.2 Å². The molecule has 0 amide bonds. The third-order valence-electron chi connectivity index (χ3n) is 6.24. The standard InChI is InChI=1S/C24H34N6S.HI/c1-17-5-4-6-22-20(14-27-23(17)22)7-10-26-24(25-3)28-13-19-8-11-30(12-9-19)15-21-16-31-18(2)29-21;/h4-6,14,16,19,27H,7-13,15H2,1-3H3,(H2,25,26,28);1H. The molecule has 0 aliphatic carbocycles. The lowest BCUT2D eigenvalue weighted by atomic mass is 9.97. The van der Waals surface area contributed by atoms with Gasteiger partial charge >= 0.3 is 0 Å². The van der Waals surface area contributed by atoms with Crippen molar-refractivity contribution in [2.45, 2.75) is 39.7 Å². The number of fused-ring (bicyclic) bond motifs is 1. The van der Waals surface area contributed by atoms with Crippen molar-refractivity contribution in [2.24, 2.45) is 10.9 Å². The summed E-state index contributed by atoms with van der Waals surface area (Å²) in [5, 5.41) is 11.7. The molecule has 8 heteroatoms. The SMILES string of the molecule is CN=C(NCCc1c[nH]c2c(C)cccc12)NCC1CCN(Cc2csc(C)n2)CC1.I. The monoisotopic (exact) mass is 566 g/mol. The van der Waals surface area contributed by atoms with Crippen molar-refractivity contribution < 1.29 is 0 Å². The number of thiazole rings is 1. The van der Waals surface area contributed by atoms with E-state index in [9.17, 15) is 0 Å². The Kier molecular flexibility index (Phi) is 9.36. The first-order chi connectivity index (χ1) is 15.1. The number of benzene rings is 1. The zero-order valence-electron chi connectivity index (χ0n) is 19.3. The predicted molar refractivity (Wildman–Crippen MR) is 146 cm³/mol. The molecule has 174 valence electrons. The first kappa shape index (κ1) is 25.0. The molecular weight excluding hydrogens is 531 g/mol. The summed E-state index contributed by atoms with van der Waals surface area (Å²) in [5.41, 5.74) is 5.11. The maximum absolute atomic E-state index is 4.60. The molecule has 2 aromatic heterocycles. The molecule has 0 bridgehead atoms. The molecule has 1 fully saturated rings. The molecule has 0 unspecified atom stereocenters. The van der Waals surface area contributed by atoms with Crippen LogP contribution in [0, 0.1) is 19.8 Å².